The Hall–Kier alpha value is -0.810. The predicted octanol–water partition coefficient (Wildman–Crippen LogP) is 3.03. The van der Waals surface area contributed by atoms with Gasteiger partial charge in [-0.1, -0.05) is 0 Å². The van der Waals surface area contributed by atoms with Gasteiger partial charge in [-0.25, -0.2) is 4.39 Å². The molecule has 0 spiro atoms. The second-order valence-electron chi connectivity index (χ2n) is 4.17. The molecule has 5 heteroatoms. The summed E-state index contributed by atoms with van der Waals surface area (Å²) in [6.07, 6.45) is 0.197. The van der Waals surface area contributed by atoms with Gasteiger partial charge in [0.15, 0.2) is 0 Å². The van der Waals surface area contributed by atoms with Crippen LogP contribution in [0.25, 0.3) is 0 Å². The molecule has 0 fully saturated rings. The Kier molecular flexibility index (Phi) is 5.21. The van der Waals surface area contributed by atoms with Crippen LogP contribution < -0.4 is 10.6 Å². The molecule has 0 aliphatic carbocycles. The molecule has 2 N–H and O–H groups in total. The molecule has 0 saturated carbocycles. The van der Waals surface area contributed by atoms with Crippen molar-refractivity contribution >= 4 is 27.3 Å². The van der Waals surface area contributed by atoms with Crippen LogP contribution in [0.1, 0.15) is 13.8 Å². The molecule has 0 amide bonds. The summed E-state index contributed by atoms with van der Waals surface area (Å²) in [5.74, 6) is -0.314. The lowest BCUT2D eigenvalue weighted by Crippen LogP contribution is -2.24. The number of halogens is 2. The van der Waals surface area contributed by atoms with E-state index in [0.29, 0.717) is 29.0 Å². The van der Waals surface area contributed by atoms with Crippen molar-refractivity contribution < 1.29 is 9.13 Å². The number of hydrogen-bond acceptors (Lipinski definition) is 3. The molecule has 0 aromatic heterocycles. The number of benzene rings is 1. The van der Waals surface area contributed by atoms with E-state index in [1.165, 1.54) is 6.07 Å². The Morgan fingerprint density at radius 3 is 2.71 bits per heavy atom. The fourth-order valence-corrected chi connectivity index (χ4v) is 1.79. The van der Waals surface area contributed by atoms with Gasteiger partial charge < -0.3 is 15.4 Å². The van der Waals surface area contributed by atoms with Crippen LogP contribution in [0.2, 0.25) is 0 Å². The van der Waals surface area contributed by atoms with Gasteiger partial charge in [-0.05, 0) is 35.8 Å². The standard InChI is InChI=1S/C12H18BrFN2O/c1-8(2)17-5-4-16(3)12-7-10(14)9(13)6-11(12)15/h6-8H,4-5,15H2,1-3H3. The van der Waals surface area contributed by atoms with E-state index in [0.717, 1.165) is 0 Å². The Morgan fingerprint density at radius 1 is 1.47 bits per heavy atom. The lowest BCUT2D eigenvalue weighted by atomic mass is 10.2. The largest absolute Gasteiger partial charge is 0.397 e. The second kappa shape index (κ2) is 6.21. The first-order chi connectivity index (χ1) is 7.91. The maximum Gasteiger partial charge on any atom is 0.139 e. The zero-order chi connectivity index (χ0) is 13.0. The Morgan fingerprint density at radius 2 is 2.12 bits per heavy atom. The highest BCUT2D eigenvalue weighted by Gasteiger charge is 2.10. The number of rotatable bonds is 5. The van der Waals surface area contributed by atoms with Gasteiger partial charge in [0.2, 0.25) is 0 Å². The molecule has 1 aromatic carbocycles. The van der Waals surface area contributed by atoms with E-state index in [1.54, 1.807) is 6.07 Å². The van der Waals surface area contributed by atoms with E-state index in [1.807, 2.05) is 25.8 Å². The SMILES string of the molecule is CC(C)OCCN(C)c1cc(F)c(Br)cc1N. The third-order valence-corrected chi connectivity index (χ3v) is 2.97. The van der Waals surface area contributed by atoms with Crippen LogP contribution in [0.5, 0.6) is 0 Å². The maximum atomic E-state index is 13.4. The lowest BCUT2D eigenvalue weighted by Gasteiger charge is -2.22. The van der Waals surface area contributed by atoms with Crippen LogP contribution in [0.3, 0.4) is 0 Å². The first-order valence-corrected chi connectivity index (χ1v) is 6.28. The third kappa shape index (κ3) is 4.16. The fourth-order valence-electron chi connectivity index (χ4n) is 1.43. The van der Waals surface area contributed by atoms with Gasteiger partial charge in [0.1, 0.15) is 5.82 Å². The van der Waals surface area contributed by atoms with Crippen molar-refractivity contribution in [1.29, 1.82) is 0 Å². The van der Waals surface area contributed by atoms with E-state index in [2.05, 4.69) is 15.9 Å². The normalized spacial score (nSPS) is 10.9. The van der Waals surface area contributed by atoms with Gasteiger partial charge in [-0.3, -0.25) is 0 Å². The molecule has 0 heterocycles. The molecular formula is C12H18BrFN2O. The molecule has 96 valence electrons. The quantitative estimate of drug-likeness (QED) is 0.850. The van der Waals surface area contributed by atoms with Crippen LogP contribution in [0.15, 0.2) is 16.6 Å². The van der Waals surface area contributed by atoms with Crippen molar-refractivity contribution in [3.8, 4) is 0 Å². The summed E-state index contributed by atoms with van der Waals surface area (Å²) < 4.78 is 19.2. The average Bonchev–Trinajstić information content (AvgIpc) is 2.22. The van der Waals surface area contributed by atoms with Crippen LogP contribution in [-0.2, 0) is 4.74 Å². The van der Waals surface area contributed by atoms with Gasteiger partial charge in [0.25, 0.3) is 0 Å². The smallest absolute Gasteiger partial charge is 0.139 e. The monoisotopic (exact) mass is 304 g/mol. The minimum atomic E-state index is -0.314. The van der Waals surface area contributed by atoms with E-state index in [-0.39, 0.29) is 11.9 Å². The predicted molar refractivity (Wildman–Crippen MR) is 72.9 cm³/mol. The number of ether oxygens (including phenoxy) is 1. The number of nitrogens with two attached hydrogens (primary N) is 1. The number of hydrogen-bond donors (Lipinski definition) is 1. The zero-order valence-corrected chi connectivity index (χ0v) is 11.9. The highest BCUT2D eigenvalue weighted by atomic mass is 79.9. The van der Waals surface area contributed by atoms with Gasteiger partial charge >= 0.3 is 0 Å². The molecular weight excluding hydrogens is 287 g/mol. The van der Waals surface area contributed by atoms with Gasteiger partial charge in [-0.2, -0.15) is 0 Å². The molecule has 0 unspecified atom stereocenters. The summed E-state index contributed by atoms with van der Waals surface area (Å²) in [5, 5.41) is 0. The molecule has 17 heavy (non-hydrogen) atoms. The van der Waals surface area contributed by atoms with E-state index in [4.69, 9.17) is 10.5 Å². The van der Waals surface area contributed by atoms with E-state index in [9.17, 15) is 4.39 Å². The molecule has 0 atom stereocenters. The van der Waals surface area contributed by atoms with Crippen molar-refractivity contribution in [2.24, 2.45) is 0 Å². The number of nitrogens with zero attached hydrogens (tertiary/aromatic N) is 1. The summed E-state index contributed by atoms with van der Waals surface area (Å²) in [6, 6.07) is 3.00. The topological polar surface area (TPSA) is 38.5 Å². The van der Waals surface area contributed by atoms with Crippen LogP contribution in [0.4, 0.5) is 15.8 Å². The first-order valence-electron chi connectivity index (χ1n) is 5.49. The van der Waals surface area contributed by atoms with Crippen LogP contribution in [-0.4, -0.2) is 26.3 Å². The number of nitrogen functional groups attached to an aromatic ring is 1. The van der Waals surface area contributed by atoms with Crippen molar-refractivity contribution in [2.45, 2.75) is 20.0 Å². The van der Waals surface area contributed by atoms with Crippen LogP contribution >= 0.6 is 15.9 Å². The molecule has 3 nitrogen and oxygen atoms in total. The molecule has 0 aliphatic heterocycles. The summed E-state index contributed by atoms with van der Waals surface area (Å²) in [5.41, 5.74) is 7.07. The van der Waals surface area contributed by atoms with E-state index >= 15 is 0 Å². The Labute approximate surface area is 110 Å². The van der Waals surface area contributed by atoms with Crippen LogP contribution in [0, 0.1) is 5.82 Å². The Bertz CT molecular complexity index is 385. The summed E-state index contributed by atoms with van der Waals surface area (Å²) in [7, 11) is 1.86. The summed E-state index contributed by atoms with van der Waals surface area (Å²) in [6.45, 7) is 5.22. The number of likely N-dealkylation sites (N-methyl/N-ethyl adjacent to an activating group) is 1. The zero-order valence-electron chi connectivity index (χ0n) is 10.3. The first kappa shape index (κ1) is 14.3. The Balaban J connectivity index is 2.68. The molecule has 0 saturated heterocycles. The second-order valence-corrected chi connectivity index (χ2v) is 5.02. The van der Waals surface area contributed by atoms with Crippen molar-refractivity contribution in [3.63, 3.8) is 0 Å². The van der Waals surface area contributed by atoms with Gasteiger partial charge in [-0.15, -0.1) is 0 Å². The van der Waals surface area contributed by atoms with Gasteiger partial charge in [0.05, 0.1) is 28.6 Å². The molecule has 1 aromatic rings. The maximum absolute atomic E-state index is 13.4. The molecule has 0 aliphatic rings. The molecule has 0 bridgehead atoms. The van der Waals surface area contributed by atoms with Crippen molar-refractivity contribution in [1.82, 2.24) is 0 Å². The summed E-state index contributed by atoms with van der Waals surface area (Å²) in [4.78, 5) is 1.88. The highest BCUT2D eigenvalue weighted by molar-refractivity contribution is 9.10. The molecule has 0 radical (unpaired) electrons. The van der Waals surface area contributed by atoms with Crippen molar-refractivity contribution in [2.75, 3.05) is 30.8 Å². The molecule has 1 rings (SSSR count). The van der Waals surface area contributed by atoms with Gasteiger partial charge in [0, 0.05) is 19.7 Å². The minimum Gasteiger partial charge on any atom is -0.397 e. The number of anilines is 2. The summed E-state index contributed by atoms with van der Waals surface area (Å²) >= 11 is 3.10. The van der Waals surface area contributed by atoms with E-state index < -0.39 is 0 Å². The third-order valence-electron chi connectivity index (χ3n) is 2.36. The average molecular weight is 305 g/mol. The lowest BCUT2D eigenvalue weighted by molar-refractivity contribution is 0.0846. The minimum absolute atomic E-state index is 0.197. The fraction of sp³-hybridized carbons (Fsp3) is 0.500. The van der Waals surface area contributed by atoms with Crippen molar-refractivity contribution in [3.05, 3.63) is 22.4 Å². The highest BCUT2D eigenvalue weighted by Crippen LogP contribution is 2.28.